The first-order chi connectivity index (χ1) is 16.4. The summed E-state index contributed by atoms with van der Waals surface area (Å²) < 4.78 is 40.5. The van der Waals surface area contributed by atoms with E-state index in [0.29, 0.717) is 29.6 Å². The van der Waals surface area contributed by atoms with Crippen molar-refractivity contribution in [3.8, 4) is 0 Å². The quantitative estimate of drug-likeness (QED) is 0.506. The molecule has 0 radical (unpaired) electrons. The van der Waals surface area contributed by atoms with Gasteiger partial charge >= 0.3 is 6.18 Å². The van der Waals surface area contributed by atoms with Crippen LogP contribution in [0.5, 0.6) is 0 Å². The molecule has 186 valence electrons. The molecule has 2 amide bonds. The Bertz CT molecular complexity index is 1260. The van der Waals surface area contributed by atoms with Gasteiger partial charge in [0.05, 0.1) is 11.1 Å². The monoisotopic (exact) mass is 490 g/mol. The summed E-state index contributed by atoms with van der Waals surface area (Å²) in [6.45, 7) is 5.73. The first-order valence-corrected chi connectivity index (χ1v) is 11.0. The van der Waals surface area contributed by atoms with Gasteiger partial charge < -0.3 is 20.6 Å². The number of hydrogen-bond donors (Lipinski definition) is 3. The molecule has 12 heteroatoms. The number of pyridine rings is 1. The van der Waals surface area contributed by atoms with Crippen LogP contribution in [0.25, 0.3) is 10.9 Å². The van der Waals surface area contributed by atoms with E-state index in [2.05, 4.69) is 20.7 Å². The van der Waals surface area contributed by atoms with Gasteiger partial charge in [-0.05, 0) is 38.1 Å². The Morgan fingerprint density at radius 3 is 2.54 bits per heavy atom. The van der Waals surface area contributed by atoms with Crippen molar-refractivity contribution in [1.29, 1.82) is 0 Å². The molecule has 3 N–H and O–H groups in total. The second-order valence-corrected chi connectivity index (χ2v) is 8.83. The number of piperazine rings is 1. The number of rotatable bonds is 5. The van der Waals surface area contributed by atoms with E-state index in [-0.39, 0.29) is 18.1 Å². The number of aromatic nitrogens is 3. The van der Waals surface area contributed by atoms with Crippen molar-refractivity contribution >= 4 is 28.4 Å². The summed E-state index contributed by atoms with van der Waals surface area (Å²) in [5, 5.41) is 21.4. The average molecular weight is 490 g/mol. The van der Waals surface area contributed by atoms with Gasteiger partial charge in [-0.3, -0.25) is 14.3 Å². The molecule has 3 aromatic rings. The van der Waals surface area contributed by atoms with Crippen LogP contribution in [0.15, 0.2) is 36.5 Å². The maximum Gasteiger partial charge on any atom is 0.433 e. The molecule has 1 saturated heterocycles. The lowest BCUT2D eigenvalue weighted by Gasteiger charge is -2.27. The van der Waals surface area contributed by atoms with Crippen LogP contribution in [-0.4, -0.2) is 62.8 Å². The van der Waals surface area contributed by atoms with Crippen LogP contribution in [0.4, 0.5) is 18.9 Å². The summed E-state index contributed by atoms with van der Waals surface area (Å²) in [5.74, 6) is -0.937. The molecule has 1 aromatic carbocycles. The molecule has 0 bridgehead atoms. The van der Waals surface area contributed by atoms with E-state index in [1.54, 1.807) is 23.2 Å². The lowest BCUT2D eigenvalue weighted by atomic mass is 9.95. The highest BCUT2D eigenvalue weighted by Gasteiger charge is 2.33. The van der Waals surface area contributed by atoms with Crippen molar-refractivity contribution in [2.45, 2.75) is 32.2 Å². The largest absolute Gasteiger partial charge is 0.433 e. The van der Waals surface area contributed by atoms with Crippen molar-refractivity contribution in [2.24, 2.45) is 0 Å². The minimum Gasteiger partial charge on any atom is -0.386 e. The number of alkyl halides is 3. The number of carbonyl (C=O) groups is 2. The van der Waals surface area contributed by atoms with Gasteiger partial charge in [-0.15, -0.1) is 0 Å². The van der Waals surface area contributed by atoms with Crippen molar-refractivity contribution in [2.75, 3.05) is 31.5 Å². The van der Waals surface area contributed by atoms with Crippen molar-refractivity contribution in [1.82, 2.24) is 25.0 Å². The van der Waals surface area contributed by atoms with E-state index < -0.39 is 29.1 Å². The predicted octanol–water partition coefficient (Wildman–Crippen LogP) is 2.36. The van der Waals surface area contributed by atoms with E-state index in [4.69, 9.17) is 0 Å². The van der Waals surface area contributed by atoms with Gasteiger partial charge in [0, 0.05) is 49.0 Å². The third kappa shape index (κ3) is 5.60. The van der Waals surface area contributed by atoms with Crippen molar-refractivity contribution < 1.29 is 27.9 Å². The molecular formula is C23H25F3N6O3. The Labute approximate surface area is 198 Å². The van der Waals surface area contributed by atoms with Crippen LogP contribution in [0.1, 0.15) is 35.6 Å². The topological polar surface area (TPSA) is 112 Å². The third-order valence-electron chi connectivity index (χ3n) is 5.64. The Hall–Kier alpha value is -3.51. The molecule has 9 nitrogen and oxygen atoms in total. The maximum atomic E-state index is 13.0. The van der Waals surface area contributed by atoms with Gasteiger partial charge in [0.2, 0.25) is 5.91 Å². The molecule has 3 heterocycles. The second-order valence-electron chi connectivity index (χ2n) is 8.83. The van der Waals surface area contributed by atoms with Gasteiger partial charge in [0.25, 0.3) is 5.91 Å². The molecule has 1 aliphatic rings. The zero-order valence-corrected chi connectivity index (χ0v) is 19.2. The van der Waals surface area contributed by atoms with Crippen LogP contribution < -0.4 is 10.6 Å². The van der Waals surface area contributed by atoms with E-state index in [1.165, 1.54) is 24.6 Å². The Balaban J connectivity index is 1.63. The van der Waals surface area contributed by atoms with E-state index in [1.807, 2.05) is 0 Å². The Morgan fingerprint density at radius 1 is 1.17 bits per heavy atom. The second kappa shape index (κ2) is 9.27. The number of benzene rings is 1. The predicted molar refractivity (Wildman–Crippen MR) is 122 cm³/mol. The minimum atomic E-state index is -4.69. The summed E-state index contributed by atoms with van der Waals surface area (Å²) in [6.07, 6.45) is -3.05. The zero-order valence-electron chi connectivity index (χ0n) is 19.2. The van der Waals surface area contributed by atoms with Crippen LogP contribution in [0.2, 0.25) is 0 Å². The number of nitrogens with one attached hydrogen (secondary N) is 2. The van der Waals surface area contributed by atoms with Crippen LogP contribution in [-0.2, 0) is 23.1 Å². The average Bonchev–Trinajstić information content (AvgIpc) is 3.19. The van der Waals surface area contributed by atoms with Gasteiger partial charge in [-0.2, -0.15) is 18.3 Å². The highest BCUT2D eigenvalue weighted by atomic mass is 19.4. The molecule has 1 aliphatic heterocycles. The molecule has 0 aliphatic carbocycles. The Morgan fingerprint density at radius 2 is 1.89 bits per heavy atom. The number of carbonyl (C=O) groups excluding carboxylic acids is 2. The number of anilines is 1. The third-order valence-corrected chi connectivity index (χ3v) is 5.64. The van der Waals surface area contributed by atoms with Gasteiger partial charge in [-0.25, -0.2) is 4.98 Å². The molecule has 4 rings (SSSR count). The van der Waals surface area contributed by atoms with E-state index in [0.717, 1.165) is 25.2 Å². The molecule has 2 aromatic heterocycles. The van der Waals surface area contributed by atoms with Crippen LogP contribution in [0.3, 0.4) is 0 Å². The lowest BCUT2D eigenvalue weighted by molar-refractivity contribution is -0.141. The lowest BCUT2D eigenvalue weighted by Crippen LogP contribution is -2.47. The normalized spacial score (nSPS) is 14.9. The van der Waals surface area contributed by atoms with Crippen molar-refractivity contribution in [3.05, 3.63) is 53.5 Å². The zero-order chi connectivity index (χ0) is 25.4. The number of nitrogens with zero attached hydrogens (tertiary/aromatic N) is 4. The highest BCUT2D eigenvalue weighted by molar-refractivity contribution is 6.04. The maximum absolute atomic E-state index is 13.0. The number of amides is 2. The number of hydrogen-bond acceptors (Lipinski definition) is 6. The summed E-state index contributed by atoms with van der Waals surface area (Å²) in [4.78, 5) is 30.5. The summed E-state index contributed by atoms with van der Waals surface area (Å²) in [7, 11) is 0. The first-order valence-electron chi connectivity index (χ1n) is 11.0. The fourth-order valence-electron chi connectivity index (χ4n) is 3.87. The van der Waals surface area contributed by atoms with Gasteiger partial charge in [-0.1, -0.05) is 6.07 Å². The first kappa shape index (κ1) is 24.6. The summed E-state index contributed by atoms with van der Waals surface area (Å²) in [5.41, 5.74) is -2.01. The van der Waals surface area contributed by atoms with Crippen LogP contribution in [0, 0.1) is 0 Å². The van der Waals surface area contributed by atoms with E-state index in [9.17, 15) is 27.9 Å². The molecule has 35 heavy (non-hydrogen) atoms. The van der Waals surface area contributed by atoms with Crippen molar-refractivity contribution in [3.63, 3.8) is 0 Å². The fourth-order valence-corrected chi connectivity index (χ4v) is 3.87. The van der Waals surface area contributed by atoms with E-state index >= 15 is 0 Å². The van der Waals surface area contributed by atoms with Gasteiger partial charge in [0.15, 0.2) is 0 Å². The van der Waals surface area contributed by atoms with Gasteiger partial charge in [0.1, 0.15) is 17.9 Å². The molecule has 0 unspecified atom stereocenters. The number of fused-ring (bicyclic) bond motifs is 1. The highest BCUT2D eigenvalue weighted by Crippen LogP contribution is 2.32. The standard InChI is InChI=1S/C23H25F3N6O3/c1-22(2,35)15-11-17-14(12-32(30-17)13-20(33)31-8-6-27-7-9-31)10-18(15)29-21(34)16-4-3-5-19(28-16)23(24,25)26/h3-5,10-12,27,35H,6-9,13H2,1-2H3,(H,29,34). The molecule has 0 saturated carbocycles. The fraction of sp³-hybridized carbons (Fsp3) is 0.391. The Kier molecular flexibility index (Phi) is 6.52. The number of aliphatic hydroxyl groups is 1. The molecule has 1 fully saturated rings. The summed E-state index contributed by atoms with van der Waals surface area (Å²) in [6, 6.07) is 6.20. The number of halogens is 3. The molecule has 0 spiro atoms. The molecular weight excluding hydrogens is 465 g/mol. The minimum absolute atomic E-state index is 0.0301. The smallest absolute Gasteiger partial charge is 0.386 e. The SMILES string of the molecule is CC(C)(O)c1cc2nn(CC(=O)N3CCNCC3)cc2cc1NC(=O)c1cccc(C(F)(F)F)n1. The van der Waals surface area contributed by atoms with Crippen LogP contribution >= 0.6 is 0 Å². The summed E-state index contributed by atoms with van der Waals surface area (Å²) >= 11 is 0. The molecule has 0 atom stereocenters.